The molecular formula is C29H42N2O4. The Kier molecular flexibility index (Phi) is 11.6. The number of rotatable bonds is 14. The van der Waals surface area contributed by atoms with Gasteiger partial charge in [0.1, 0.15) is 6.61 Å². The minimum atomic E-state index is -0.201. The van der Waals surface area contributed by atoms with Gasteiger partial charge in [0.15, 0.2) is 5.75 Å². The highest BCUT2D eigenvalue weighted by molar-refractivity contribution is 5.94. The number of nitrogens with zero attached hydrogens (tertiary/aromatic N) is 1. The second-order valence-electron chi connectivity index (χ2n) is 9.27. The predicted molar refractivity (Wildman–Crippen MR) is 146 cm³/mol. The van der Waals surface area contributed by atoms with Crippen molar-refractivity contribution in [3.05, 3.63) is 51.9 Å². The molecular weight excluding hydrogens is 440 g/mol. The van der Waals surface area contributed by atoms with Gasteiger partial charge < -0.3 is 19.4 Å². The van der Waals surface area contributed by atoms with Crippen LogP contribution >= 0.6 is 0 Å². The Hall–Kier alpha value is -3.02. The Balaban J connectivity index is 2.51. The van der Waals surface area contributed by atoms with Crippen LogP contribution in [0.25, 0.3) is 10.9 Å². The van der Waals surface area contributed by atoms with Crippen molar-refractivity contribution in [2.45, 2.75) is 86.6 Å². The van der Waals surface area contributed by atoms with E-state index >= 15 is 0 Å². The molecule has 1 heterocycles. The average molecular weight is 483 g/mol. The van der Waals surface area contributed by atoms with Crippen molar-refractivity contribution in [1.29, 1.82) is 0 Å². The lowest BCUT2D eigenvalue weighted by Gasteiger charge is -2.19. The molecule has 0 aliphatic rings. The van der Waals surface area contributed by atoms with Gasteiger partial charge in [-0.25, -0.2) is 0 Å². The van der Waals surface area contributed by atoms with Gasteiger partial charge in [-0.05, 0) is 70.7 Å². The van der Waals surface area contributed by atoms with Gasteiger partial charge in [-0.1, -0.05) is 43.9 Å². The van der Waals surface area contributed by atoms with Gasteiger partial charge in [0.25, 0.3) is 5.56 Å². The molecule has 2 rings (SSSR count). The molecule has 1 N–H and O–H groups in total. The first-order valence-electron chi connectivity index (χ1n) is 12.8. The summed E-state index contributed by atoms with van der Waals surface area (Å²) in [6.07, 6.45) is 9.90. The zero-order chi connectivity index (χ0) is 25.8. The molecule has 0 spiro atoms. The van der Waals surface area contributed by atoms with Gasteiger partial charge in [0, 0.05) is 24.5 Å². The highest BCUT2D eigenvalue weighted by atomic mass is 16.5. The second kappa shape index (κ2) is 14.4. The van der Waals surface area contributed by atoms with E-state index in [0.717, 1.165) is 49.4 Å². The van der Waals surface area contributed by atoms with Crippen LogP contribution in [0.5, 0.6) is 11.5 Å². The van der Waals surface area contributed by atoms with Crippen molar-refractivity contribution >= 4 is 22.5 Å². The average Bonchev–Trinajstić information content (AvgIpc) is 2.79. The molecule has 0 bridgehead atoms. The van der Waals surface area contributed by atoms with E-state index in [9.17, 15) is 9.59 Å². The minimum Gasteiger partial charge on any atom is -0.489 e. The van der Waals surface area contributed by atoms with Crippen LogP contribution in [0.3, 0.4) is 0 Å². The molecule has 192 valence electrons. The summed E-state index contributed by atoms with van der Waals surface area (Å²) in [7, 11) is 0. The number of carbonyl (C=O) groups excluding carboxylic acids is 1. The first kappa shape index (κ1) is 28.2. The zero-order valence-electron chi connectivity index (χ0n) is 22.3. The lowest BCUT2D eigenvalue weighted by atomic mass is 10.1. The van der Waals surface area contributed by atoms with Crippen molar-refractivity contribution in [2.75, 3.05) is 18.5 Å². The smallest absolute Gasteiger partial charge is 0.297 e. The van der Waals surface area contributed by atoms with Crippen LogP contribution in [0.4, 0.5) is 5.69 Å². The van der Waals surface area contributed by atoms with Gasteiger partial charge in [-0.3, -0.25) is 9.59 Å². The highest BCUT2D eigenvalue weighted by Crippen LogP contribution is 2.35. The van der Waals surface area contributed by atoms with Gasteiger partial charge in [0.05, 0.1) is 12.1 Å². The Labute approximate surface area is 210 Å². The maximum atomic E-state index is 13.6. The van der Waals surface area contributed by atoms with Crippen molar-refractivity contribution in [3.8, 4) is 11.5 Å². The molecule has 0 radical (unpaired) electrons. The van der Waals surface area contributed by atoms with Crippen LogP contribution in [-0.4, -0.2) is 23.7 Å². The fraction of sp³-hybridized carbons (Fsp3) is 0.517. The fourth-order valence-corrected chi connectivity index (χ4v) is 3.76. The molecule has 1 aromatic heterocycles. The third kappa shape index (κ3) is 8.61. The maximum absolute atomic E-state index is 13.6. The number of anilines is 1. The molecule has 35 heavy (non-hydrogen) atoms. The largest absolute Gasteiger partial charge is 0.489 e. The number of allylic oxidation sites excluding steroid dienone is 3. The number of amides is 1. The monoisotopic (exact) mass is 482 g/mol. The molecule has 0 aliphatic carbocycles. The molecule has 6 heteroatoms. The number of hydrogen-bond donors (Lipinski definition) is 1. The summed E-state index contributed by atoms with van der Waals surface area (Å²) in [5, 5.41) is 3.63. The van der Waals surface area contributed by atoms with E-state index in [2.05, 4.69) is 46.0 Å². The van der Waals surface area contributed by atoms with Crippen LogP contribution in [0, 0.1) is 0 Å². The van der Waals surface area contributed by atoms with E-state index in [1.165, 1.54) is 18.1 Å². The van der Waals surface area contributed by atoms with Crippen molar-refractivity contribution in [1.82, 2.24) is 4.57 Å². The molecule has 0 fully saturated rings. The van der Waals surface area contributed by atoms with E-state index in [-0.39, 0.29) is 17.2 Å². The SMILES string of the molecule is CCCCOc1c(OC/C=C(\C)CCC=C(C)C)c(=O)n(CCCC)c2cc(NC(C)=O)ccc12. The minimum absolute atomic E-state index is 0.155. The Bertz CT molecular complexity index is 1110. The predicted octanol–water partition coefficient (Wildman–Crippen LogP) is 7.01. The van der Waals surface area contributed by atoms with Gasteiger partial charge in [0.2, 0.25) is 11.7 Å². The van der Waals surface area contributed by atoms with Crippen molar-refractivity contribution in [2.24, 2.45) is 0 Å². The van der Waals surface area contributed by atoms with Crippen LogP contribution in [0.1, 0.15) is 80.1 Å². The maximum Gasteiger partial charge on any atom is 0.297 e. The molecule has 1 amide bonds. The van der Waals surface area contributed by atoms with E-state index in [0.29, 0.717) is 31.2 Å². The van der Waals surface area contributed by atoms with E-state index in [4.69, 9.17) is 9.47 Å². The number of pyridine rings is 1. The summed E-state index contributed by atoms with van der Waals surface area (Å²) in [6, 6.07) is 5.58. The number of ether oxygens (including phenoxy) is 2. The number of carbonyl (C=O) groups is 1. The normalized spacial score (nSPS) is 11.4. The quantitative estimate of drug-likeness (QED) is 0.232. The summed E-state index contributed by atoms with van der Waals surface area (Å²) >= 11 is 0. The lowest BCUT2D eigenvalue weighted by Crippen LogP contribution is -2.24. The summed E-state index contributed by atoms with van der Waals surface area (Å²) in [6.45, 7) is 13.3. The Morgan fingerprint density at radius 3 is 2.40 bits per heavy atom. The molecule has 6 nitrogen and oxygen atoms in total. The Morgan fingerprint density at radius 2 is 1.74 bits per heavy atom. The summed E-state index contributed by atoms with van der Waals surface area (Å²) in [5.41, 5.74) is 3.73. The molecule has 0 saturated carbocycles. The number of aryl methyl sites for hydroxylation is 1. The van der Waals surface area contributed by atoms with Gasteiger partial charge >= 0.3 is 0 Å². The third-order valence-corrected chi connectivity index (χ3v) is 5.73. The fourth-order valence-electron chi connectivity index (χ4n) is 3.76. The molecule has 0 saturated heterocycles. The molecule has 0 atom stereocenters. The third-order valence-electron chi connectivity index (χ3n) is 5.73. The van der Waals surface area contributed by atoms with Crippen LogP contribution < -0.4 is 20.3 Å². The number of nitrogens with one attached hydrogen (secondary N) is 1. The molecule has 1 aromatic carbocycles. The number of hydrogen-bond acceptors (Lipinski definition) is 4. The van der Waals surface area contributed by atoms with E-state index in [1.54, 1.807) is 4.57 Å². The number of aromatic nitrogens is 1. The molecule has 2 aromatic rings. The van der Waals surface area contributed by atoms with Crippen LogP contribution in [0.2, 0.25) is 0 Å². The van der Waals surface area contributed by atoms with E-state index < -0.39 is 0 Å². The lowest BCUT2D eigenvalue weighted by molar-refractivity contribution is -0.114. The number of fused-ring (bicyclic) bond motifs is 1. The zero-order valence-corrected chi connectivity index (χ0v) is 22.3. The van der Waals surface area contributed by atoms with Gasteiger partial charge in [-0.15, -0.1) is 0 Å². The van der Waals surface area contributed by atoms with Crippen LogP contribution in [-0.2, 0) is 11.3 Å². The first-order chi connectivity index (χ1) is 16.8. The topological polar surface area (TPSA) is 69.6 Å². The van der Waals surface area contributed by atoms with Crippen molar-refractivity contribution < 1.29 is 14.3 Å². The summed E-state index contributed by atoms with van der Waals surface area (Å²) in [5.74, 6) is 0.583. The number of benzene rings is 1. The van der Waals surface area contributed by atoms with Crippen molar-refractivity contribution in [3.63, 3.8) is 0 Å². The highest BCUT2D eigenvalue weighted by Gasteiger charge is 2.20. The second-order valence-corrected chi connectivity index (χ2v) is 9.27. The van der Waals surface area contributed by atoms with Crippen LogP contribution in [0.15, 0.2) is 46.3 Å². The Morgan fingerprint density at radius 1 is 1.00 bits per heavy atom. The standard InChI is InChI=1S/C29H42N2O4/c1-7-9-17-31-26-20-24(30-23(6)32)14-15-25(26)27(34-18-10-8-2)28(29(31)33)35-19-16-22(5)13-11-12-21(3)4/h12,14-16,20H,7-11,13,17-19H2,1-6H3,(H,30,32)/b22-16+. The molecule has 0 aliphatic heterocycles. The summed E-state index contributed by atoms with van der Waals surface area (Å²) < 4.78 is 14.0. The van der Waals surface area contributed by atoms with E-state index in [1.807, 2.05) is 24.3 Å². The first-order valence-corrected chi connectivity index (χ1v) is 12.8. The number of unbranched alkanes of at least 4 members (excludes halogenated alkanes) is 2. The summed E-state index contributed by atoms with van der Waals surface area (Å²) in [4.78, 5) is 25.2. The molecule has 0 unspecified atom stereocenters. The van der Waals surface area contributed by atoms with Gasteiger partial charge in [-0.2, -0.15) is 0 Å².